The van der Waals surface area contributed by atoms with E-state index >= 15 is 0 Å². The van der Waals surface area contributed by atoms with Crippen LogP contribution in [0.4, 0.5) is 0 Å². The Balaban J connectivity index is 2.20. The molecule has 1 aromatic carbocycles. The summed E-state index contributed by atoms with van der Waals surface area (Å²) in [5.74, 6) is 0.596. The summed E-state index contributed by atoms with van der Waals surface area (Å²) < 4.78 is 10.8. The van der Waals surface area contributed by atoms with Crippen molar-refractivity contribution in [2.45, 2.75) is 59.3 Å². The average Bonchev–Trinajstić information content (AvgIpc) is 2.68. The number of benzene rings is 1. The third kappa shape index (κ3) is 3.70. The molecule has 1 aliphatic carbocycles. The van der Waals surface area contributed by atoms with Crippen LogP contribution in [0, 0.1) is 12.8 Å². The molecule has 5 heteroatoms. The molecule has 5 nitrogen and oxygen atoms in total. The number of aromatic amines is 1. The molecule has 1 atom stereocenters. The fraction of sp³-hybridized carbons (Fsp3) is 0.500. The van der Waals surface area contributed by atoms with E-state index in [-0.39, 0.29) is 11.0 Å². The molecule has 1 aromatic heterocycles. The van der Waals surface area contributed by atoms with Crippen LogP contribution < -0.4 is 10.3 Å². The molecule has 1 aliphatic rings. The standard InChI is InChI=1S/C24H31NO4/c1-7-8-9-29-20-11-16-13-24(5,14(2)3)19-12-18(23(27)28-6)22(26)25-21(19)17(16)10-15(20)4/h10-12,14H,7-9,13H2,1-6H3,(H,25,26). The van der Waals surface area contributed by atoms with Gasteiger partial charge in [0, 0.05) is 11.0 Å². The van der Waals surface area contributed by atoms with Crippen molar-refractivity contribution in [2.75, 3.05) is 13.7 Å². The van der Waals surface area contributed by atoms with Gasteiger partial charge in [0.1, 0.15) is 11.3 Å². The lowest BCUT2D eigenvalue weighted by Crippen LogP contribution is -2.37. The van der Waals surface area contributed by atoms with E-state index < -0.39 is 11.5 Å². The molecule has 1 heterocycles. The lowest BCUT2D eigenvalue weighted by atomic mass is 9.64. The third-order valence-electron chi connectivity index (χ3n) is 6.32. The Hall–Kier alpha value is -2.56. The van der Waals surface area contributed by atoms with Gasteiger partial charge < -0.3 is 14.5 Å². The second-order valence-electron chi connectivity index (χ2n) is 8.52. The first-order chi connectivity index (χ1) is 13.7. The molecule has 2 aromatic rings. The number of hydrogen-bond acceptors (Lipinski definition) is 4. The molecule has 0 saturated heterocycles. The van der Waals surface area contributed by atoms with Crippen LogP contribution in [0.3, 0.4) is 0 Å². The predicted molar refractivity (Wildman–Crippen MR) is 115 cm³/mol. The van der Waals surface area contributed by atoms with Crippen LogP contribution in [-0.2, 0) is 16.6 Å². The Kier molecular flexibility index (Phi) is 5.87. The molecule has 0 bridgehead atoms. The number of ether oxygens (including phenoxy) is 2. The summed E-state index contributed by atoms with van der Waals surface area (Å²) in [7, 11) is 1.29. The van der Waals surface area contributed by atoms with Gasteiger partial charge in [0.25, 0.3) is 5.56 Å². The Morgan fingerprint density at radius 3 is 2.62 bits per heavy atom. The Bertz CT molecular complexity index is 989. The van der Waals surface area contributed by atoms with E-state index in [1.807, 2.05) is 6.92 Å². The molecular formula is C24H31NO4. The lowest BCUT2D eigenvalue weighted by Gasteiger charge is -2.40. The molecule has 0 saturated carbocycles. The molecular weight excluding hydrogens is 366 g/mol. The van der Waals surface area contributed by atoms with Gasteiger partial charge in [-0.3, -0.25) is 4.79 Å². The van der Waals surface area contributed by atoms with Crippen molar-refractivity contribution < 1.29 is 14.3 Å². The minimum atomic E-state index is -0.609. The first kappa shape index (κ1) is 21.2. The normalized spacial score (nSPS) is 17.6. The van der Waals surface area contributed by atoms with Crippen molar-refractivity contribution >= 4 is 5.97 Å². The monoisotopic (exact) mass is 397 g/mol. The van der Waals surface area contributed by atoms with E-state index in [2.05, 4.69) is 44.8 Å². The molecule has 1 N–H and O–H groups in total. The number of methoxy groups -OCH3 is 1. The number of hydrogen-bond donors (Lipinski definition) is 1. The molecule has 3 rings (SSSR count). The van der Waals surface area contributed by atoms with Gasteiger partial charge in [0.15, 0.2) is 0 Å². The van der Waals surface area contributed by atoms with Crippen molar-refractivity contribution in [3.05, 3.63) is 50.8 Å². The minimum absolute atomic E-state index is 0.0535. The van der Waals surface area contributed by atoms with E-state index in [1.54, 1.807) is 6.07 Å². The summed E-state index contributed by atoms with van der Waals surface area (Å²) in [5, 5.41) is 0. The van der Waals surface area contributed by atoms with Gasteiger partial charge in [-0.1, -0.05) is 34.1 Å². The molecule has 1 unspecified atom stereocenters. The highest BCUT2D eigenvalue weighted by atomic mass is 16.5. The number of pyridine rings is 1. The number of carbonyl (C=O) groups is 1. The number of fused-ring (bicyclic) bond motifs is 3. The predicted octanol–water partition coefficient (Wildman–Crippen LogP) is 4.79. The fourth-order valence-electron chi connectivity index (χ4n) is 4.05. The summed E-state index contributed by atoms with van der Waals surface area (Å²) in [6.45, 7) is 11.4. The van der Waals surface area contributed by atoms with Gasteiger partial charge in [-0.25, -0.2) is 4.79 Å². The SMILES string of the molecule is CCCCOc1cc2c(cc1C)-c1[nH]c(=O)c(C(=O)OC)cc1C(C)(C(C)C)C2. The van der Waals surface area contributed by atoms with E-state index in [0.29, 0.717) is 12.5 Å². The van der Waals surface area contributed by atoms with Crippen LogP contribution in [0.15, 0.2) is 23.0 Å². The Morgan fingerprint density at radius 2 is 2.00 bits per heavy atom. The van der Waals surface area contributed by atoms with Crippen molar-refractivity contribution in [1.29, 1.82) is 0 Å². The topological polar surface area (TPSA) is 68.4 Å². The summed E-state index contributed by atoms with van der Waals surface area (Å²) in [6.07, 6.45) is 2.92. The van der Waals surface area contributed by atoms with E-state index in [4.69, 9.17) is 9.47 Å². The number of esters is 1. The van der Waals surface area contributed by atoms with Crippen molar-refractivity contribution in [2.24, 2.45) is 5.92 Å². The van der Waals surface area contributed by atoms with E-state index in [9.17, 15) is 9.59 Å². The maximum absolute atomic E-state index is 12.6. The molecule has 0 aliphatic heterocycles. The van der Waals surface area contributed by atoms with Crippen LogP contribution in [-0.4, -0.2) is 24.7 Å². The van der Waals surface area contributed by atoms with Crippen LogP contribution in [0.5, 0.6) is 5.75 Å². The maximum atomic E-state index is 12.6. The summed E-state index contributed by atoms with van der Waals surface area (Å²) in [6, 6.07) is 5.93. The maximum Gasteiger partial charge on any atom is 0.343 e. The van der Waals surface area contributed by atoms with Gasteiger partial charge in [0.2, 0.25) is 0 Å². The first-order valence-corrected chi connectivity index (χ1v) is 10.4. The highest BCUT2D eigenvalue weighted by Crippen LogP contribution is 2.47. The minimum Gasteiger partial charge on any atom is -0.493 e. The third-order valence-corrected chi connectivity index (χ3v) is 6.32. The molecule has 0 fully saturated rings. The van der Waals surface area contributed by atoms with Gasteiger partial charge in [-0.05, 0) is 60.6 Å². The number of aromatic nitrogens is 1. The van der Waals surface area contributed by atoms with Gasteiger partial charge >= 0.3 is 5.97 Å². The van der Waals surface area contributed by atoms with Crippen molar-refractivity contribution in [3.8, 4) is 17.0 Å². The zero-order chi connectivity index (χ0) is 21.3. The van der Waals surface area contributed by atoms with Crippen LogP contribution >= 0.6 is 0 Å². The highest BCUT2D eigenvalue weighted by Gasteiger charge is 2.39. The average molecular weight is 398 g/mol. The lowest BCUT2D eigenvalue weighted by molar-refractivity contribution is 0.0598. The van der Waals surface area contributed by atoms with E-state index in [0.717, 1.165) is 53.0 Å². The van der Waals surface area contributed by atoms with Crippen LogP contribution in [0.1, 0.15) is 67.6 Å². The van der Waals surface area contributed by atoms with Gasteiger partial charge in [-0.2, -0.15) is 0 Å². The Morgan fingerprint density at radius 1 is 1.28 bits per heavy atom. The van der Waals surface area contributed by atoms with Crippen LogP contribution in [0.25, 0.3) is 11.3 Å². The zero-order valence-electron chi connectivity index (χ0n) is 18.3. The second kappa shape index (κ2) is 8.05. The number of aryl methyl sites for hydroxylation is 1. The van der Waals surface area contributed by atoms with Gasteiger partial charge in [0.05, 0.1) is 19.4 Å². The summed E-state index contributed by atoms with van der Waals surface area (Å²) in [5.41, 5.74) is 4.39. The van der Waals surface area contributed by atoms with Crippen LogP contribution in [0.2, 0.25) is 0 Å². The molecule has 0 radical (unpaired) electrons. The second-order valence-corrected chi connectivity index (χ2v) is 8.52. The molecule has 0 spiro atoms. The smallest absolute Gasteiger partial charge is 0.343 e. The highest BCUT2D eigenvalue weighted by molar-refractivity contribution is 5.90. The van der Waals surface area contributed by atoms with Crippen molar-refractivity contribution in [1.82, 2.24) is 4.98 Å². The zero-order valence-corrected chi connectivity index (χ0v) is 18.3. The van der Waals surface area contributed by atoms with E-state index in [1.165, 1.54) is 7.11 Å². The number of nitrogens with one attached hydrogen (secondary N) is 1. The number of carbonyl (C=O) groups excluding carboxylic acids is 1. The first-order valence-electron chi connectivity index (χ1n) is 10.4. The number of H-pyrrole nitrogens is 1. The largest absolute Gasteiger partial charge is 0.493 e. The van der Waals surface area contributed by atoms with Gasteiger partial charge in [-0.15, -0.1) is 0 Å². The summed E-state index contributed by atoms with van der Waals surface area (Å²) >= 11 is 0. The summed E-state index contributed by atoms with van der Waals surface area (Å²) in [4.78, 5) is 27.7. The quantitative estimate of drug-likeness (QED) is 0.562. The molecule has 156 valence electrons. The Labute approximate surface area is 172 Å². The molecule has 0 amide bonds. The number of unbranched alkanes of at least 4 members (excludes halogenated alkanes) is 1. The number of rotatable bonds is 6. The fourth-order valence-corrected chi connectivity index (χ4v) is 4.05. The van der Waals surface area contributed by atoms with Crippen molar-refractivity contribution in [3.63, 3.8) is 0 Å². The molecule has 29 heavy (non-hydrogen) atoms.